The normalized spacial score (nSPS) is 11.1. The van der Waals surface area contributed by atoms with E-state index < -0.39 is 0 Å². The summed E-state index contributed by atoms with van der Waals surface area (Å²) >= 11 is 0. The van der Waals surface area contributed by atoms with Gasteiger partial charge in [-0.3, -0.25) is 4.68 Å². The van der Waals surface area contributed by atoms with Gasteiger partial charge in [-0.2, -0.15) is 5.10 Å². The summed E-state index contributed by atoms with van der Waals surface area (Å²) in [5.74, 6) is 0. The number of hydrogen-bond donors (Lipinski definition) is 2. The van der Waals surface area contributed by atoms with Crippen LogP contribution >= 0.6 is 0 Å². The highest BCUT2D eigenvalue weighted by Gasteiger charge is 2.12. The van der Waals surface area contributed by atoms with Crippen molar-refractivity contribution in [2.75, 3.05) is 11.5 Å². The van der Waals surface area contributed by atoms with Gasteiger partial charge in [0.1, 0.15) is 5.52 Å². The molecular formula is C13H14N6. The molecule has 0 aliphatic carbocycles. The molecule has 2 aromatic heterocycles. The molecule has 0 atom stereocenters. The second-order valence-electron chi connectivity index (χ2n) is 4.50. The summed E-state index contributed by atoms with van der Waals surface area (Å²) < 4.78 is 1.73. The number of aromatic nitrogens is 4. The minimum Gasteiger partial charge on any atom is -0.397 e. The number of nitrogen functional groups attached to an aromatic ring is 2. The molecule has 0 radical (unpaired) electrons. The van der Waals surface area contributed by atoms with Crippen LogP contribution in [0, 0.1) is 6.92 Å². The van der Waals surface area contributed by atoms with E-state index in [0.29, 0.717) is 16.9 Å². The average Bonchev–Trinajstić information content (AvgIpc) is 2.80. The highest BCUT2D eigenvalue weighted by Crippen LogP contribution is 2.28. The van der Waals surface area contributed by atoms with Crippen LogP contribution in [-0.4, -0.2) is 19.7 Å². The van der Waals surface area contributed by atoms with E-state index in [1.165, 1.54) is 0 Å². The molecule has 2 heterocycles. The number of anilines is 2. The fourth-order valence-corrected chi connectivity index (χ4v) is 2.06. The first-order valence-electron chi connectivity index (χ1n) is 5.87. The van der Waals surface area contributed by atoms with E-state index in [1.807, 2.05) is 26.2 Å². The lowest BCUT2D eigenvalue weighted by Crippen LogP contribution is -2.00. The molecule has 6 heteroatoms. The van der Waals surface area contributed by atoms with E-state index in [9.17, 15) is 0 Å². The molecule has 0 amide bonds. The Labute approximate surface area is 110 Å². The molecule has 96 valence electrons. The maximum Gasteiger partial charge on any atom is 0.114 e. The summed E-state index contributed by atoms with van der Waals surface area (Å²) in [6.07, 6.45) is 3.65. The minimum absolute atomic E-state index is 0.468. The Balaban J connectivity index is 2.31. The summed E-state index contributed by atoms with van der Waals surface area (Å²) in [6.45, 7) is 1.92. The summed E-state index contributed by atoms with van der Waals surface area (Å²) in [6, 6.07) is 3.57. The molecule has 1 aromatic carbocycles. The van der Waals surface area contributed by atoms with Crippen LogP contribution < -0.4 is 11.5 Å². The molecule has 0 spiro atoms. The SMILES string of the molecule is Cc1nc2ccc(N)c(N)c2nc1-c1cnn(C)c1. The number of fused-ring (bicyclic) bond motifs is 1. The van der Waals surface area contributed by atoms with Gasteiger partial charge in [0.05, 0.1) is 34.5 Å². The van der Waals surface area contributed by atoms with Gasteiger partial charge in [0.25, 0.3) is 0 Å². The van der Waals surface area contributed by atoms with Crippen LogP contribution in [0.1, 0.15) is 5.69 Å². The second kappa shape index (κ2) is 3.94. The number of nitrogens with zero attached hydrogens (tertiary/aromatic N) is 4. The first kappa shape index (κ1) is 11.5. The van der Waals surface area contributed by atoms with E-state index in [-0.39, 0.29) is 0 Å². The van der Waals surface area contributed by atoms with Gasteiger partial charge < -0.3 is 11.5 Å². The maximum absolute atomic E-state index is 5.97. The Bertz CT molecular complexity index is 774. The standard InChI is InChI=1S/C13H14N6/c1-7-12(8-5-16-19(2)6-8)18-13-10(17-7)4-3-9(14)11(13)15/h3-6H,14-15H2,1-2H3. The molecule has 0 fully saturated rings. The Morgan fingerprint density at radius 2 is 1.95 bits per heavy atom. The smallest absolute Gasteiger partial charge is 0.114 e. The average molecular weight is 254 g/mol. The van der Waals surface area contributed by atoms with Gasteiger partial charge >= 0.3 is 0 Å². The van der Waals surface area contributed by atoms with Gasteiger partial charge in [0.2, 0.25) is 0 Å². The van der Waals surface area contributed by atoms with Gasteiger partial charge in [-0.1, -0.05) is 0 Å². The van der Waals surface area contributed by atoms with Crippen molar-refractivity contribution < 1.29 is 0 Å². The zero-order valence-corrected chi connectivity index (χ0v) is 10.8. The Morgan fingerprint density at radius 1 is 1.16 bits per heavy atom. The van der Waals surface area contributed by atoms with Crippen LogP contribution in [0.5, 0.6) is 0 Å². The van der Waals surface area contributed by atoms with Crippen molar-refractivity contribution in [3.05, 3.63) is 30.2 Å². The number of hydrogen-bond acceptors (Lipinski definition) is 5. The first-order valence-corrected chi connectivity index (χ1v) is 5.87. The Hall–Kier alpha value is -2.63. The van der Waals surface area contributed by atoms with Crippen molar-refractivity contribution in [1.29, 1.82) is 0 Å². The number of nitrogens with two attached hydrogens (primary N) is 2. The lowest BCUT2D eigenvalue weighted by molar-refractivity contribution is 0.768. The summed E-state index contributed by atoms with van der Waals surface area (Å²) in [4.78, 5) is 9.13. The lowest BCUT2D eigenvalue weighted by Gasteiger charge is -2.08. The number of benzene rings is 1. The molecule has 0 aliphatic heterocycles. The van der Waals surface area contributed by atoms with Crippen molar-refractivity contribution in [2.24, 2.45) is 7.05 Å². The van der Waals surface area contributed by atoms with Crippen molar-refractivity contribution in [2.45, 2.75) is 6.92 Å². The van der Waals surface area contributed by atoms with E-state index in [2.05, 4.69) is 15.1 Å². The monoisotopic (exact) mass is 254 g/mol. The molecule has 4 N–H and O–H groups in total. The molecule has 0 bridgehead atoms. The molecule has 0 saturated heterocycles. The van der Waals surface area contributed by atoms with Crippen LogP contribution in [0.15, 0.2) is 24.5 Å². The molecule has 3 aromatic rings. The maximum atomic E-state index is 5.97. The molecule has 3 rings (SSSR count). The van der Waals surface area contributed by atoms with Crippen LogP contribution in [0.25, 0.3) is 22.3 Å². The number of rotatable bonds is 1. The van der Waals surface area contributed by atoms with Crippen LogP contribution in [0.2, 0.25) is 0 Å². The van der Waals surface area contributed by atoms with E-state index in [0.717, 1.165) is 22.5 Å². The largest absolute Gasteiger partial charge is 0.397 e. The summed E-state index contributed by atoms with van der Waals surface area (Å²) in [5.41, 5.74) is 16.7. The van der Waals surface area contributed by atoms with Gasteiger partial charge in [-0.05, 0) is 19.1 Å². The second-order valence-corrected chi connectivity index (χ2v) is 4.50. The van der Waals surface area contributed by atoms with E-state index in [1.54, 1.807) is 16.9 Å². The quantitative estimate of drug-likeness (QED) is 0.641. The molecule has 0 unspecified atom stereocenters. The highest BCUT2D eigenvalue weighted by atomic mass is 15.2. The molecule has 19 heavy (non-hydrogen) atoms. The van der Waals surface area contributed by atoms with E-state index in [4.69, 9.17) is 11.5 Å². The lowest BCUT2D eigenvalue weighted by atomic mass is 10.1. The first-order chi connectivity index (χ1) is 9.06. The zero-order chi connectivity index (χ0) is 13.6. The fourth-order valence-electron chi connectivity index (χ4n) is 2.06. The van der Waals surface area contributed by atoms with Gasteiger partial charge in [-0.15, -0.1) is 0 Å². The Kier molecular flexibility index (Phi) is 2.38. The van der Waals surface area contributed by atoms with Crippen molar-refractivity contribution in [1.82, 2.24) is 19.7 Å². The van der Waals surface area contributed by atoms with Crippen molar-refractivity contribution in [3.63, 3.8) is 0 Å². The third kappa shape index (κ3) is 1.77. The summed E-state index contributed by atoms with van der Waals surface area (Å²) in [5, 5.41) is 4.15. The summed E-state index contributed by atoms with van der Waals surface area (Å²) in [7, 11) is 1.86. The van der Waals surface area contributed by atoms with Crippen molar-refractivity contribution >= 4 is 22.4 Å². The van der Waals surface area contributed by atoms with Gasteiger partial charge in [0, 0.05) is 18.8 Å². The minimum atomic E-state index is 0.468. The third-order valence-corrected chi connectivity index (χ3v) is 3.06. The fraction of sp³-hybridized carbons (Fsp3) is 0.154. The predicted molar refractivity (Wildman–Crippen MR) is 75.3 cm³/mol. The van der Waals surface area contributed by atoms with Crippen molar-refractivity contribution in [3.8, 4) is 11.3 Å². The zero-order valence-electron chi connectivity index (χ0n) is 10.8. The van der Waals surface area contributed by atoms with E-state index >= 15 is 0 Å². The molecular weight excluding hydrogens is 240 g/mol. The number of aryl methyl sites for hydroxylation is 2. The van der Waals surface area contributed by atoms with Crippen LogP contribution in [-0.2, 0) is 7.05 Å². The third-order valence-electron chi connectivity index (χ3n) is 3.06. The molecule has 6 nitrogen and oxygen atoms in total. The molecule has 0 aliphatic rings. The van der Waals surface area contributed by atoms with Gasteiger partial charge in [0.15, 0.2) is 0 Å². The van der Waals surface area contributed by atoms with Crippen LogP contribution in [0.4, 0.5) is 11.4 Å². The highest BCUT2D eigenvalue weighted by molar-refractivity contribution is 5.94. The topological polar surface area (TPSA) is 95.6 Å². The molecule has 0 saturated carbocycles. The van der Waals surface area contributed by atoms with Gasteiger partial charge in [-0.25, -0.2) is 9.97 Å². The Morgan fingerprint density at radius 3 is 2.63 bits per heavy atom. The van der Waals surface area contributed by atoms with Crippen LogP contribution in [0.3, 0.4) is 0 Å². The predicted octanol–water partition coefficient (Wildman–Crippen LogP) is 1.50.